The maximum absolute atomic E-state index is 11.7. The first kappa shape index (κ1) is 12.4. The van der Waals surface area contributed by atoms with Gasteiger partial charge in [0, 0.05) is 5.56 Å². The van der Waals surface area contributed by atoms with Gasteiger partial charge in [-0.25, -0.2) is 0 Å². The smallest absolute Gasteiger partial charge is 0.315 e. The first-order valence-electron chi connectivity index (χ1n) is 5.25. The second kappa shape index (κ2) is 4.92. The van der Waals surface area contributed by atoms with Gasteiger partial charge in [-0.1, -0.05) is 24.3 Å². The standard InChI is InChI=1S/C13H16O3/c1-4-16-12(15)13(2,3)11-7-5-10(9-14)6-8-11/h5-9H,4H2,1-3H3. The van der Waals surface area contributed by atoms with Crippen molar-refractivity contribution < 1.29 is 14.3 Å². The van der Waals surface area contributed by atoms with Crippen LogP contribution in [-0.2, 0) is 14.9 Å². The quantitative estimate of drug-likeness (QED) is 0.577. The van der Waals surface area contributed by atoms with Crippen molar-refractivity contribution in [3.05, 3.63) is 35.4 Å². The van der Waals surface area contributed by atoms with Gasteiger partial charge in [-0.3, -0.25) is 9.59 Å². The average Bonchev–Trinajstić information content (AvgIpc) is 2.29. The predicted molar refractivity (Wildman–Crippen MR) is 61.5 cm³/mol. The van der Waals surface area contributed by atoms with Crippen LogP contribution in [0.4, 0.5) is 0 Å². The molecule has 1 aromatic carbocycles. The van der Waals surface area contributed by atoms with Crippen molar-refractivity contribution in [3.63, 3.8) is 0 Å². The second-order valence-electron chi connectivity index (χ2n) is 4.09. The molecule has 0 saturated carbocycles. The van der Waals surface area contributed by atoms with Gasteiger partial charge in [0.1, 0.15) is 6.29 Å². The zero-order valence-corrected chi connectivity index (χ0v) is 9.82. The summed E-state index contributed by atoms with van der Waals surface area (Å²) < 4.78 is 5.01. The van der Waals surface area contributed by atoms with Crippen LogP contribution >= 0.6 is 0 Å². The highest BCUT2D eigenvalue weighted by atomic mass is 16.5. The Balaban J connectivity index is 2.97. The third kappa shape index (κ3) is 2.48. The van der Waals surface area contributed by atoms with Gasteiger partial charge in [-0.15, -0.1) is 0 Å². The van der Waals surface area contributed by atoms with Crippen molar-refractivity contribution >= 4 is 12.3 Å². The molecule has 16 heavy (non-hydrogen) atoms. The van der Waals surface area contributed by atoms with Crippen molar-refractivity contribution in [2.75, 3.05) is 6.61 Å². The molecule has 0 amide bonds. The van der Waals surface area contributed by atoms with Gasteiger partial charge in [0.2, 0.25) is 0 Å². The van der Waals surface area contributed by atoms with Gasteiger partial charge < -0.3 is 4.74 Å². The van der Waals surface area contributed by atoms with E-state index >= 15 is 0 Å². The van der Waals surface area contributed by atoms with Crippen molar-refractivity contribution in [3.8, 4) is 0 Å². The average molecular weight is 220 g/mol. The number of esters is 1. The van der Waals surface area contributed by atoms with E-state index in [4.69, 9.17) is 4.74 Å². The van der Waals surface area contributed by atoms with Gasteiger partial charge in [0.15, 0.2) is 0 Å². The Morgan fingerprint density at radius 3 is 2.31 bits per heavy atom. The molecule has 0 aliphatic carbocycles. The molecule has 0 radical (unpaired) electrons. The summed E-state index contributed by atoms with van der Waals surface area (Å²) in [6.07, 6.45) is 0.779. The lowest BCUT2D eigenvalue weighted by molar-refractivity contribution is -0.148. The molecule has 0 spiro atoms. The molecule has 0 bridgehead atoms. The van der Waals surface area contributed by atoms with E-state index in [9.17, 15) is 9.59 Å². The summed E-state index contributed by atoms with van der Waals surface area (Å²) in [6.45, 7) is 5.76. The van der Waals surface area contributed by atoms with E-state index in [1.807, 2.05) is 0 Å². The Bertz CT molecular complexity index is 377. The molecular weight excluding hydrogens is 204 g/mol. The minimum Gasteiger partial charge on any atom is -0.465 e. The molecular formula is C13H16O3. The summed E-state index contributed by atoms with van der Waals surface area (Å²) in [7, 11) is 0. The maximum atomic E-state index is 11.7. The highest BCUT2D eigenvalue weighted by Gasteiger charge is 2.31. The fourth-order valence-electron chi connectivity index (χ4n) is 1.41. The van der Waals surface area contributed by atoms with E-state index in [-0.39, 0.29) is 5.97 Å². The normalized spacial score (nSPS) is 10.9. The Morgan fingerprint density at radius 2 is 1.88 bits per heavy atom. The van der Waals surface area contributed by atoms with Crippen LogP contribution in [0.25, 0.3) is 0 Å². The third-order valence-electron chi connectivity index (χ3n) is 2.55. The van der Waals surface area contributed by atoms with Crippen LogP contribution in [0.3, 0.4) is 0 Å². The third-order valence-corrected chi connectivity index (χ3v) is 2.55. The Hall–Kier alpha value is -1.64. The molecule has 1 rings (SSSR count). The van der Waals surface area contributed by atoms with Crippen LogP contribution < -0.4 is 0 Å². The van der Waals surface area contributed by atoms with E-state index in [1.54, 1.807) is 45.0 Å². The van der Waals surface area contributed by atoms with Crippen LogP contribution in [-0.4, -0.2) is 18.9 Å². The molecule has 0 N–H and O–H groups in total. The zero-order chi connectivity index (χ0) is 12.2. The fourth-order valence-corrected chi connectivity index (χ4v) is 1.41. The van der Waals surface area contributed by atoms with Gasteiger partial charge in [-0.05, 0) is 26.3 Å². The largest absolute Gasteiger partial charge is 0.465 e. The number of carbonyl (C=O) groups is 2. The topological polar surface area (TPSA) is 43.4 Å². The van der Waals surface area contributed by atoms with Gasteiger partial charge in [-0.2, -0.15) is 0 Å². The Morgan fingerprint density at radius 1 is 1.31 bits per heavy atom. The van der Waals surface area contributed by atoms with E-state index < -0.39 is 5.41 Å². The summed E-state index contributed by atoms with van der Waals surface area (Å²) in [5.74, 6) is -0.256. The maximum Gasteiger partial charge on any atom is 0.315 e. The highest BCUT2D eigenvalue weighted by Crippen LogP contribution is 2.24. The monoisotopic (exact) mass is 220 g/mol. The lowest BCUT2D eigenvalue weighted by Gasteiger charge is -2.22. The van der Waals surface area contributed by atoms with Crippen LogP contribution in [0.2, 0.25) is 0 Å². The lowest BCUT2D eigenvalue weighted by atomic mass is 9.84. The van der Waals surface area contributed by atoms with Crippen molar-refractivity contribution in [2.45, 2.75) is 26.2 Å². The predicted octanol–water partition coefficient (Wildman–Crippen LogP) is 2.34. The summed E-state index contributed by atoms with van der Waals surface area (Å²) in [6, 6.07) is 6.95. The van der Waals surface area contributed by atoms with Gasteiger partial charge >= 0.3 is 5.97 Å². The molecule has 0 saturated heterocycles. The molecule has 1 aromatic rings. The van der Waals surface area contributed by atoms with E-state index in [0.29, 0.717) is 12.2 Å². The number of carbonyl (C=O) groups excluding carboxylic acids is 2. The van der Waals surface area contributed by atoms with Crippen molar-refractivity contribution in [1.82, 2.24) is 0 Å². The SMILES string of the molecule is CCOC(=O)C(C)(C)c1ccc(C=O)cc1. The Labute approximate surface area is 95.4 Å². The van der Waals surface area contributed by atoms with Gasteiger partial charge in [0.25, 0.3) is 0 Å². The zero-order valence-electron chi connectivity index (χ0n) is 9.82. The molecule has 0 fully saturated rings. The van der Waals surface area contributed by atoms with Gasteiger partial charge in [0.05, 0.1) is 12.0 Å². The highest BCUT2D eigenvalue weighted by molar-refractivity contribution is 5.82. The molecule has 3 heteroatoms. The minimum atomic E-state index is -0.683. The fraction of sp³-hybridized carbons (Fsp3) is 0.385. The van der Waals surface area contributed by atoms with E-state index in [1.165, 1.54) is 0 Å². The lowest BCUT2D eigenvalue weighted by Crippen LogP contribution is -2.31. The summed E-state index contributed by atoms with van der Waals surface area (Å²) >= 11 is 0. The van der Waals surface area contributed by atoms with Crippen LogP contribution in [0.5, 0.6) is 0 Å². The Kier molecular flexibility index (Phi) is 3.82. The molecule has 0 aliphatic heterocycles. The molecule has 0 heterocycles. The first-order chi connectivity index (χ1) is 7.52. The number of hydrogen-bond acceptors (Lipinski definition) is 3. The number of ether oxygens (including phenoxy) is 1. The van der Waals surface area contributed by atoms with Crippen LogP contribution in [0, 0.1) is 0 Å². The number of aldehydes is 1. The first-order valence-corrected chi connectivity index (χ1v) is 5.25. The van der Waals surface area contributed by atoms with E-state index in [2.05, 4.69) is 0 Å². The molecule has 0 aliphatic rings. The summed E-state index contributed by atoms with van der Waals surface area (Å²) in [4.78, 5) is 22.2. The number of rotatable bonds is 4. The van der Waals surface area contributed by atoms with E-state index in [0.717, 1.165) is 11.8 Å². The van der Waals surface area contributed by atoms with Crippen LogP contribution in [0.15, 0.2) is 24.3 Å². The van der Waals surface area contributed by atoms with Crippen LogP contribution in [0.1, 0.15) is 36.7 Å². The minimum absolute atomic E-state index is 0.256. The summed E-state index contributed by atoms with van der Waals surface area (Å²) in [5.41, 5.74) is 0.761. The second-order valence-corrected chi connectivity index (χ2v) is 4.09. The van der Waals surface area contributed by atoms with Crippen molar-refractivity contribution in [2.24, 2.45) is 0 Å². The number of hydrogen-bond donors (Lipinski definition) is 0. The molecule has 86 valence electrons. The molecule has 3 nitrogen and oxygen atoms in total. The summed E-state index contributed by atoms with van der Waals surface area (Å²) in [5, 5.41) is 0. The molecule has 0 unspecified atom stereocenters. The van der Waals surface area contributed by atoms with Crippen molar-refractivity contribution in [1.29, 1.82) is 0 Å². The molecule has 0 aromatic heterocycles. The number of benzene rings is 1. The molecule has 0 atom stereocenters.